The van der Waals surface area contributed by atoms with Crippen molar-refractivity contribution in [1.29, 1.82) is 0 Å². The van der Waals surface area contributed by atoms with Crippen LogP contribution >= 0.6 is 0 Å². The number of likely N-dealkylation sites (tertiary alicyclic amines) is 1. The number of rotatable bonds is 4. The number of amides is 1. The molecule has 0 aromatic heterocycles. The highest BCUT2D eigenvalue weighted by Crippen LogP contribution is 2.19. The number of carbonyl (C=O) groups is 2. The van der Waals surface area contributed by atoms with Crippen LogP contribution in [0.4, 0.5) is 5.69 Å². The summed E-state index contributed by atoms with van der Waals surface area (Å²) in [5.74, 6) is -0.598. The van der Waals surface area contributed by atoms with E-state index in [0.717, 1.165) is 32.2 Å². The summed E-state index contributed by atoms with van der Waals surface area (Å²) in [5.41, 5.74) is 6.55. The Balaban J connectivity index is 1.88. The summed E-state index contributed by atoms with van der Waals surface area (Å²) in [6, 6.07) is 6.74. The number of hydrogen-bond donors (Lipinski definition) is 1. The van der Waals surface area contributed by atoms with Crippen LogP contribution in [-0.2, 0) is 9.53 Å². The van der Waals surface area contributed by atoms with E-state index in [4.69, 9.17) is 10.5 Å². The Morgan fingerprint density at radius 3 is 2.67 bits per heavy atom. The van der Waals surface area contributed by atoms with Gasteiger partial charge in [0.2, 0.25) is 0 Å². The molecule has 1 unspecified atom stereocenters. The minimum absolute atomic E-state index is 0.106. The Bertz CT molecular complexity index is 499. The van der Waals surface area contributed by atoms with Gasteiger partial charge in [0.25, 0.3) is 5.91 Å². The lowest BCUT2D eigenvalue weighted by Crippen LogP contribution is -2.45. The van der Waals surface area contributed by atoms with Crippen LogP contribution in [0.25, 0.3) is 0 Å². The molecule has 21 heavy (non-hydrogen) atoms. The fourth-order valence-electron chi connectivity index (χ4n) is 2.67. The molecule has 2 rings (SSSR count). The zero-order valence-electron chi connectivity index (χ0n) is 12.4. The average Bonchev–Trinajstić information content (AvgIpc) is 2.52. The van der Waals surface area contributed by atoms with Crippen LogP contribution in [0.15, 0.2) is 24.3 Å². The van der Waals surface area contributed by atoms with E-state index in [1.165, 1.54) is 0 Å². The van der Waals surface area contributed by atoms with Crippen LogP contribution in [0, 0.1) is 0 Å². The number of piperidine rings is 1. The topological polar surface area (TPSA) is 72.6 Å². The average molecular weight is 290 g/mol. The van der Waals surface area contributed by atoms with Crippen molar-refractivity contribution in [3.05, 3.63) is 29.8 Å². The summed E-state index contributed by atoms with van der Waals surface area (Å²) in [7, 11) is 0. The Labute approximate surface area is 125 Å². The standard InChI is InChI=1S/C16H22N2O3/c1-2-14-5-3-4-10-18(14)15(19)11-21-16(20)12-6-8-13(17)9-7-12/h6-9,14H,2-5,10-11,17H2,1H3. The Hall–Kier alpha value is -2.04. The third-order valence-corrected chi connectivity index (χ3v) is 3.89. The fourth-order valence-corrected chi connectivity index (χ4v) is 2.67. The summed E-state index contributed by atoms with van der Waals surface area (Å²) in [6.07, 6.45) is 4.16. The zero-order valence-corrected chi connectivity index (χ0v) is 12.4. The van der Waals surface area contributed by atoms with Crippen LogP contribution < -0.4 is 5.73 Å². The number of nitrogen functional groups attached to an aromatic ring is 1. The highest BCUT2D eigenvalue weighted by atomic mass is 16.5. The lowest BCUT2D eigenvalue weighted by atomic mass is 10.00. The van der Waals surface area contributed by atoms with Gasteiger partial charge < -0.3 is 15.4 Å². The van der Waals surface area contributed by atoms with Crippen molar-refractivity contribution in [3.63, 3.8) is 0 Å². The van der Waals surface area contributed by atoms with Crippen molar-refractivity contribution < 1.29 is 14.3 Å². The van der Waals surface area contributed by atoms with E-state index in [1.54, 1.807) is 24.3 Å². The number of hydrogen-bond acceptors (Lipinski definition) is 4. The van der Waals surface area contributed by atoms with Crippen LogP contribution in [-0.4, -0.2) is 36.0 Å². The molecule has 1 atom stereocenters. The van der Waals surface area contributed by atoms with Crippen LogP contribution in [0.2, 0.25) is 0 Å². The second kappa shape index (κ2) is 7.11. The highest BCUT2D eigenvalue weighted by Gasteiger charge is 2.25. The summed E-state index contributed by atoms with van der Waals surface area (Å²) in [6.45, 7) is 2.65. The molecule has 1 aliphatic rings. The molecule has 2 N–H and O–H groups in total. The van der Waals surface area contributed by atoms with Gasteiger partial charge in [0, 0.05) is 18.3 Å². The molecule has 1 aliphatic heterocycles. The molecule has 1 heterocycles. The molecule has 5 nitrogen and oxygen atoms in total. The van der Waals surface area contributed by atoms with Gasteiger partial charge >= 0.3 is 5.97 Å². The smallest absolute Gasteiger partial charge is 0.338 e. The van der Waals surface area contributed by atoms with Crippen molar-refractivity contribution in [1.82, 2.24) is 4.90 Å². The minimum Gasteiger partial charge on any atom is -0.452 e. The van der Waals surface area contributed by atoms with E-state index in [9.17, 15) is 9.59 Å². The monoisotopic (exact) mass is 290 g/mol. The van der Waals surface area contributed by atoms with Crippen molar-refractivity contribution in [2.24, 2.45) is 0 Å². The number of benzene rings is 1. The molecule has 0 bridgehead atoms. The predicted octanol–water partition coefficient (Wildman–Crippen LogP) is 2.22. The molecule has 5 heteroatoms. The maximum Gasteiger partial charge on any atom is 0.338 e. The molecule has 0 aliphatic carbocycles. The normalized spacial score (nSPS) is 18.3. The van der Waals surface area contributed by atoms with Gasteiger partial charge in [0.15, 0.2) is 6.61 Å². The summed E-state index contributed by atoms with van der Waals surface area (Å²) in [5, 5.41) is 0. The van der Waals surface area contributed by atoms with Crippen LogP contribution in [0.3, 0.4) is 0 Å². The van der Waals surface area contributed by atoms with E-state index in [1.807, 2.05) is 4.90 Å². The molecule has 0 saturated carbocycles. The van der Waals surface area contributed by atoms with Crippen molar-refractivity contribution >= 4 is 17.6 Å². The summed E-state index contributed by atoms with van der Waals surface area (Å²) >= 11 is 0. The summed E-state index contributed by atoms with van der Waals surface area (Å²) < 4.78 is 5.10. The van der Waals surface area contributed by atoms with Gasteiger partial charge in [-0.3, -0.25) is 4.79 Å². The van der Waals surface area contributed by atoms with E-state index in [-0.39, 0.29) is 18.6 Å². The largest absolute Gasteiger partial charge is 0.452 e. The Kier molecular flexibility index (Phi) is 5.20. The van der Waals surface area contributed by atoms with Crippen LogP contribution in [0.5, 0.6) is 0 Å². The quantitative estimate of drug-likeness (QED) is 0.681. The molecule has 0 spiro atoms. The lowest BCUT2D eigenvalue weighted by molar-refractivity contribution is -0.138. The van der Waals surface area contributed by atoms with Gasteiger partial charge in [0.1, 0.15) is 0 Å². The van der Waals surface area contributed by atoms with Crippen molar-refractivity contribution in [2.75, 3.05) is 18.9 Å². The van der Waals surface area contributed by atoms with Gasteiger partial charge in [0.05, 0.1) is 5.56 Å². The highest BCUT2D eigenvalue weighted by molar-refractivity contribution is 5.91. The molecular weight excluding hydrogens is 268 g/mol. The fraction of sp³-hybridized carbons (Fsp3) is 0.500. The molecule has 1 fully saturated rings. The number of esters is 1. The Morgan fingerprint density at radius 2 is 2.00 bits per heavy atom. The van der Waals surface area contributed by atoms with Gasteiger partial charge in [-0.25, -0.2) is 4.79 Å². The first-order valence-corrected chi connectivity index (χ1v) is 7.44. The minimum atomic E-state index is -0.492. The number of ether oxygens (including phenoxy) is 1. The molecule has 1 aromatic carbocycles. The first-order chi connectivity index (χ1) is 10.1. The number of anilines is 1. The van der Waals surface area contributed by atoms with Crippen LogP contribution in [0.1, 0.15) is 43.0 Å². The van der Waals surface area contributed by atoms with Crippen molar-refractivity contribution in [3.8, 4) is 0 Å². The second-order valence-electron chi connectivity index (χ2n) is 5.34. The predicted molar refractivity (Wildman–Crippen MR) is 80.8 cm³/mol. The molecule has 0 radical (unpaired) electrons. The van der Waals surface area contributed by atoms with E-state index in [0.29, 0.717) is 11.3 Å². The zero-order chi connectivity index (χ0) is 15.2. The third-order valence-electron chi connectivity index (χ3n) is 3.89. The summed E-state index contributed by atoms with van der Waals surface area (Å²) in [4.78, 5) is 25.9. The van der Waals surface area contributed by atoms with E-state index in [2.05, 4.69) is 6.92 Å². The van der Waals surface area contributed by atoms with Crippen molar-refractivity contribution in [2.45, 2.75) is 38.6 Å². The molecule has 1 amide bonds. The second-order valence-corrected chi connectivity index (χ2v) is 5.34. The van der Waals surface area contributed by atoms with Gasteiger partial charge in [-0.1, -0.05) is 6.92 Å². The first kappa shape index (κ1) is 15.4. The molecule has 114 valence electrons. The number of nitrogens with two attached hydrogens (primary N) is 1. The van der Waals surface area contributed by atoms with E-state index < -0.39 is 5.97 Å². The maximum atomic E-state index is 12.2. The van der Waals surface area contributed by atoms with Gasteiger partial charge in [-0.2, -0.15) is 0 Å². The van der Waals surface area contributed by atoms with Gasteiger partial charge in [-0.05, 0) is 49.9 Å². The molecule has 1 saturated heterocycles. The number of nitrogens with zero attached hydrogens (tertiary/aromatic N) is 1. The lowest BCUT2D eigenvalue weighted by Gasteiger charge is -2.35. The maximum absolute atomic E-state index is 12.2. The SMILES string of the molecule is CCC1CCCCN1C(=O)COC(=O)c1ccc(N)cc1. The van der Waals surface area contributed by atoms with E-state index >= 15 is 0 Å². The Morgan fingerprint density at radius 1 is 1.29 bits per heavy atom. The molecule has 1 aromatic rings. The first-order valence-electron chi connectivity index (χ1n) is 7.44. The number of carbonyl (C=O) groups excluding carboxylic acids is 2. The van der Waals surface area contributed by atoms with Gasteiger partial charge in [-0.15, -0.1) is 0 Å². The third kappa shape index (κ3) is 3.97. The molecular formula is C16H22N2O3.